The molecule has 31 heavy (non-hydrogen) atoms. The summed E-state index contributed by atoms with van der Waals surface area (Å²) in [4.78, 5) is 18.0. The van der Waals surface area contributed by atoms with E-state index in [0.29, 0.717) is 0 Å². The second-order valence-corrected chi connectivity index (χ2v) is 9.79. The van der Waals surface area contributed by atoms with Crippen LogP contribution in [-0.4, -0.2) is 22.6 Å². The third-order valence-electron chi connectivity index (χ3n) is 6.94. The Hall–Kier alpha value is -3.05. The van der Waals surface area contributed by atoms with Gasteiger partial charge in [-0.25, -0.2) is 4.98 Å². The molecule has 1 aromatic heterocycles. The molecule has 6 rings (SSSR count). The topological polar surface area (TPSA) is 44.1 Å². The van der Waals surface area contributed by atoms with Gasteiger partial charge in [-0.3, -0.25) is 4.79 Å². The van der Waals surface area contributed by atoms with Crippen molar-refractivity contribution in [1.29, 1.82) is 0 Å². The fourth-order valence-corrected chi connectivity index (χ4v) is 7.96. The van der Waals surface area contributed by atoms with Crippen LogP contribution in [0.25, 0.3) is 11.0 Å². The molecule has 0 spiro atoms. The van der Waals surface area contributed by atoms with E-state index in [1.165, 1.54) is 12.7 Å². The standard InChI is InChI=1S/C26H22N2O2S/c1-17-22(23(29)30-2)25(18-11-5-3-6-12-18)24-27-20-15-9-10-16-21(20)28(24)26(17,31-25)19-13-7-4-8-14-19/h3-17,22H,1-2H3/t17-,22-,25+,26-/m0/s1. The molecule has 0 radical (unpaired) electrons. The minimum atomic E-state index is -0.622. The van der Waals surface area contributed by atoms with Gasteiger partial charge < -0.3 is 9.30 Å². The zero-order valence-corrected chi connectivity index (χ0v) is 18.2. The summed E-state index contributed by atoms with van der Waals surface area (Å²) in [6.45, 7) is 2.18. The maximum Gasteiger partial charge on any atom is 0.311 e. The van der Waals surface area contributed by atoms with E-state index in [9.17, 15) is 4.79 Å². The molecule has 4 nitrogen and oxygen atoms in total. The van der Waals surface area contributed by atoms with E-state index in [0.717, 1.165) is 22.4 Å². The summed E-state index contributed by atoms with van der Waals surface area (Å²) in [5, 5.41) is 0. The number of hydrogen-bond acceptors (Lipinski definition) is 4. The Morgan fingerprint density at radius 1 is 0.935 bits per heavy atom. The van der Waals surface area contributed by atoms with E-state index >= 15 is 0 Å². The molecule has 4 atom stereocenters. The van der Waals surface area contributed by atoms with E-state index < -0.39 is 9.62 Å². The minimum Gasteiger partial charge on any atom is -0.469 e. The molecule has 0 amide bonds. The van der Waals surface area contributed by atoms with Gasteiger partial charge in [0.2, 0.25) is 0 Å². The number of aromatic nitrogens is 2. The van der Waals surface area contributed by atoms with Crippen LogP contribution >= 0.6 is 11.8 Å². The molecule has 0 saturated carbocycles. The maximum atomic E-state index is 13.3. The molecular weight excluding hydrogens is 404 g/mol. The molecule has 4 aromatic rings. The smallest absolute Gasteiger partial charge is 0.311 e. The number of carbonyl (C=O) groups is 1. The first kappa shape index (κ1) is 18.7. The van der Waals surface area contributed by atoms with Crippen molar-refractivity contribution in [3.63, 3.8) is 0 Å². The lowest BCUT2D eigenvalue weighted by Crippen LogP contribution is -2.47. The second kappa shape index (κ2) is 6.47. The van der Waals surface area contributed by atoms with Crippen LogP contribution < -0.4 is 0 Å². The number of rotatable bonds is 3. The number of methoxy groups -OCH3 is 1. The van der Waals surface area contributed by atoms with Crippen LogP contribution in [0.2, 0.25) is 0 Å². The summed E-state index contributed by atoms with van der Waals surface area (Å²) in [7, 11) is 1.49. The number of fused-ring (bicyclic) bond motifs is 7. The van der Waals surface area contributed by atoms with Crippen LogP contribution in [0.4, 0.5) is 0 Å². The number of benzene rings is 3. The van der Waals surface area contributed by atoms with Crippen molar-refractivity contribution in [3.8, 4) is 0 Å². The van der Waals surface area contributed by atoms with Crippen LogP contribution in [0.15, 0.2) is 84.9 Å². The Labute approximate surface area is 185 Å². The number of imidazole rings is 1. The number of carbonyl (C=O) groups excluding carboxylic acids is 1. The summed E-state index contributed by atoms with van der Waals surface area (Å²) in [6.07, 6.45) is 0. The van der Waals surface area contributed by atoms with Gasteiger partial charge in [0.25, 0.3) is 0 Å². The lowest BCUT2D eigenvalue weighted by Gasteiger charge is -2.39. The average Bonchev–Trinajstić information content (AvgIpc) is 3.44. The highest BCUT2D eigenvalue weighted by Gasteiger charge is 2.73. The van der Waals surface area contributed by atoms with Crippen LogP contribution in [-0.2, 0) is 19.1 Å². The molecule has 0 N–H and O–H groups in total. The Morgan fingerprint density at radius 3 is 2.23 bits per heavy atom. The number of ether oxygens (including phenoxy) is 1. The first-order chi connectivity index (χ1) is 15.1. The maximum absolute atomic E-state index is 13.3. The van der Waals surface area contributed by atoms with Gasteiger partial charge in [0.15, 0.2) is 0 Å². The van der Waals surface area contributed by atoms with Crippen molar-refractivity contribution >= 4 is 28.8 Å². The number of para-hydroxylation sites is 2. The van der Waals surface area contributed by atoms with E-state index in [-0.39, 0.29) is 17.8 Å². The molecule has 154 valence electrons. The molecule has 0 aliphatic carbocycles. The fraction of sp³-hybridized carbons (Fsp3) is 0.231. The molecule has 5 heteroatoms. The highest BCUT2D eigenvalue weighted by atomic mass is 32.2. The Morgan fingerprint density at radius 2 is 1.55 bits per heavy atom. The molecule has 1 fully saturated rings. The lowest BCUT2D eigenvalue weighted by atomic mass is 9.70. The summed E-state index contributed by atoms with van der Waals surface area (Å²) in [5.74, 6) is 0.397. The van der Waals surface area contributed by atoms with Gasteiger partial charge in [-0.15, -0.1) is 11.8 Å². The highest BCUT2D eigenvalue weighted by Crippen LogP contribution is 2.74. The fourth-order valence-electron chi connectivity index (χ4n) is 5.70. The zero-order valence-electron chi connectivity index (χ0n) is 17.4. The van der Waals surface area contributed by atoms with E-state index in [1.807, 2.05) is 42.1 Å². The Kier molecular flexibility index (Phi) is 3.90. The van der Waals surface area contributed by atoms with Crippen LogP contribution in [0.3, 0.4) is 0 Å². The minimum absolute atomic E-state index is 0.00216. The number of nitrogens with zero attached hydrogens (tertiary/aromatic N) is 2. The molecule has 0 unspecified atom stereocenters. The Bertz CT molecular complexity index is 1300. The number of thioether (sulfide) groups is 1. The molecule has 1 saturated heterocycles. The van der Waals surface area contributed by atoms with Gasteiger partial charge >= 0.3 is 5.97 Å². The summed E-state index contributed by atoms with van der Waals surface area (Å²) < 4.78 is 7.15. The van der Waals surface area contributed by atoms with Crippen molar-refractivity contribution in [2.24, 2.45) is 11.8 Å². The molecule has 3 aromatic carbocycles. The molecule has 2 aliphatic rings. The van der Waals surface area contributed by atoms with Crippen molar-refractivity contribution in [3.05, 3.63) is 102 Å². The normalized spacial score (nSPS) is 28.6. The van der Waals surface area contributed by atoms with Crippen LogP contribution in [0, 0.1) is 11.8 Å². The average molecular weight is 427 g/mol. The van der Waals surface area contributed by atoms with Gasteiger partial charge in [-0.05, 0) is 23.3 Å². The van der Waals surface area contributed by atoms with Gasteiger partial charge in [0.1, 0.15) is 15.4 Å². The van der Waals surface area contributed by atoms with Crippen molar-refractivity contribution < 1.29 is 9.53 Å². The van der Waals surface area contributed by atoms with Gasteiger partial charge in [0.05, 0.1) is 24.1 Å². The first-order valence-corrected chi connectivity index (χ1v) is 11.3. The highest BCUT2D eigenvalue weighted by molar-refractivity contribution is 8.02. The summed E-state index contributed by atoms with van der Waals surface area (Å²) in [5.41, 5.74) is 4.33. The van der Waals surface area contributed by atoms with Crippen LogP contribution in [0.1, 0.15) is 23.9 Å². The lowest BCUT2D eigenvalue weighted by molar-refractivity contribution is -0.149. The molecular formula is C26H22N2O2S. The Balaban J connectivity index is 1.77. The van der Waals surface area contributed by atoms with E-state index in [1.54, 1.807) is 0 Å². The summed E-state index contributed by atoms with van der Waals surface area (Å²) >= 11 is 1.84. The molecule has 2 aliphatic heterocycles. The van der Waals surface area contributed by atoms with Gasteiger partial charge in [-0.2, -0.15) is 0 Å². The summed E-state index contributed by atoms with van der Waals surface area (Å²) in [6, 6.07) is 29.1. The predicted octanol–water partition coefficient (Wildman–Crippen LogP) is 5.17. The third kappa shape index (κ3) is 2.17. The van der Waals surface area contributed by atoms with E-state index in [4.69, 9.17) is 9.72 Å². The van der Waals surface area contributed by atoms with Crippen molar-refractivity contribution in [1.82, 2.24) is 9.55 Å². The number of hydrogen-bond donors (Lipinski definition) is 0. The first-order valence-electron chi connectivity index (χ1n) is 10.5. The zero-order chi connectivity index (χ0) is 21.2. The van der Waals surface area contributed by atoms with Crippen molar-refractivity contribution in [2.45, 2.75) is 16.5 Å². The quantitative estimate of drug-likeness (QED) is 0.424. The van der Waals surface area contributed by atoms with Gasteiger partial charge in [-0.1, -0.05) is 79.7 Å². The number of esters is 1. The van der Waals surface area contributed by atoms with Gasteiger partial charge in [0, 0.05) is 5.92 Å². The van der Waals surface area contributed by atoms with Crippen molar-refractivity contribution in [2.75, 3.05) is 7.11 Å². The third-order valence-corrected chi connectivity index (χ3v) is 9.04. The second-order valence-electron chi connectivity index (χ2n) is 8.32. The van der Waals surface area contributed by atoms with Crippen LogP contribution in [0.5, 0.6) is 0 Å². The largest absolute Gasteiger partial charge is 0.469 e. The SMILES string of the molecule is COC(=O)[C@@H]1[C@H](C)[C@@]2(c3ccccc3)S[C@@]1(c1ccccc1)c1nc3ccccc3n12. The molecule has 3 heterocycles. The predicted molar refractivity (Wildman–Crippen MR) is 123 cm³/mol. The monoisotopic (exact) mass is 426 g/mol. The van der Waals surface area contributed by atoms with E-state index in [2.05, 4.69) is 66.1 Å². The molecule has 2 bridgehead atoms.